The number of morpholine rings is 1. The van der Waals surface area contributed by atoms with Crippen LogP contribution in [0.1, 0.15) is 25.8 Å². The van der Waals surface area contributed by atoms with Crippen LogP contribution in [-0.2, 0) is 16.1 Å². The minimum atomic E-state index is -0.0115. The first-order valence-corrected chi connectivity index (χ1v) is 8.31. The fourth-order valence-corrected chi connectivity index (χ4v) is 3.51. The van der Waals surface area contributed by atoms with E-state index >= 15 is 0 Å². The number of halogens is 1. The van der Waals surface area contributed by atoms with E-state index in [1.54, 1.807) is 0 Å². The first-order valence-electron chi connectivity index (χ1n) is 7.94. The Morgan fingerprint density at radius 3 is 2.77 bits per heavy atom. The number of ether oxygens (including phenoxy) is 1. The van der Waals surface area contributed by atoms with Gasteiger partial charge in [-0.3, -0.25) is 9.69 Å². The van der Waals surface area contributed by atoms with E-state index in [1.807, 2.05) is 26.0 Å². The third-order valence-corrected chi connectivity index (χ3v) is 4.57. The Kier molecular flexibility index (Phi) is 4.71. The van der Waals surface area contributed by atoms with Crippen molar-refractivity contribution < 1.29 is 9.53 Å². The Morgan fingerprint density at radius 1 is 1.36 bits per heavy atom. The second-order valence-corrected chi connectivity index (χ2v) is 7.06. The second-order valence-electron chi connectivity index (χ2n) is 6.62. The highest BCUT2D eigenvalue weighted by Crippen LogP contribution is 2.32. The first-order chi connectivity index (χ1) is 10.5. The van der Waals surface area contributed by atoms with E-state index in [0.29, 0.717) is 0 Å². The molecule has 0 radical (unpaired) electrons. The first kappa shape index (κ1) is 15.8. The van der Waals surface area contributed by atoms with Gasteiger partial charge in [-0.2, -0.15) is 0 Å². The molecule has 1 amide bonds. The van der Waals surface area contributed by atoms with Gasteiger partial charge in [-0.05, 0) is 38.0 Å². The highest BCUT2D eigenvalue weighted by Gasteiger charge is 2.44. The van der Waals surface area contributed by atoms with Crippen LogP contribution < -0.4 is 5.32 Å². The van der Waals surface area contributed by atoms with E-state index in [0.717, 1.165) is 31.1 Å². The number of carbonyl (C=O) groups is 1. The van der Waals surface area contributed by atoms with Crippen molar-refractivity contribution in [3.63, 3.8) is 0 Å². The molecule has 2 heterocycles. The van der Waals surface area contributed by atoms with Gasteiger partial charge in [0.05, 0.1) is 18.1 Å². The van der Waals surface area contributed by atoms with Crippen LogP contribution in [0.2, 0.25) is 5.02 Å². The summed E-state index contributed by atoms with van der Waals surface area (Å²) in [6, 6.07) is 8.14. The zero-order chi connectivity index (χ0) is 15.7. The molecule has 4 nitrogen and oxygen atoms in total. The molecule has 3 rings (SSSR count). The number of hydrogen-bond donors (Lipinski definition) is 1. The highest BCUT2D eigenvalue weighted by molar-refractivity contribution is 6.30. The second kappa shape index (κ2) is 6.57. The van der Waals surface area contributed by atoms with Crippen LogP contribution in [0.5, 0.6) is 0 Å². The Bertz CT molecular complexity index is 532. The number of fused-ring (bicyclic) bond motifs is 2. The van der Waals surface area contributed by atoms with Gasteiger partial charge in [0.15, 0.2) is 0 Å². The fourth-order valence-electron chi connectivity index (χ4n) is 3.38. The van der Waals surface area contributed by atoms with Gasteiger partial charge in [-0.25, -0.2) is 0 Å². The van der Waals surface area contributed by atoms with Crippen LogP contribution in [0.15, 0.2) is 24.3 Å². The summed E-state index contributed by atoms with van der Waals surface area (Å²) in [7, 11) is 0. The van der Waals surface area contributed by atoms with Gasteiger partial charge < -0.3 is 10.1 Å². The molecule has 120 valence electrons. The Hall–Kier alpha value is -1.10. The summed E-state index contributed by atoms with van der Waals surface area (Å²) in [5.74, 6) is 0.124. The molecular weight excluding hydrogens is 300 g/mol. The molecule has 1 aromatic rings. The normalized spacial score (nSPS) is 28.1. The predicted molar refractivity (Wildman–Crippen MR) is 86.8 cm³/mol. The van der Waals surface area contributed by atoms with E-state index in [4.69, 9.17) is 16.3 Å². The third kappa shape index (κ3) is 3.62. The largest absolute Gasteiger partial charge is 0.371 e. The standard InChI is InChI=1S/C17H23ClN2O2/c1-11(2)19-17(21)15-7-14-9-20(10-16(15)22-14)8-12-3-5-13(18)6-4-12/h3-6,11,14-16H,7-10H2,1-2H3,(H,19,21)/t14-,15+,16-/m1/s1. The third-order valence-electron chi connectivity index (χ3n) is 4.32. The van der Waals surface area contributed by atoms with Crippen molar-refractivity contribution in [2.45, 2.75) is 45.1 Å². The fraction of sp³-hybridized carbons (Fsp3) is 0.588. The Balaban J connectivity index is 1.60. The van der Waals surface area contributed by atoms with Crippen LogP contribution in [-0.4, -0.2) is 42.1 Å². The molecule has 22 heavy (non-hydrogen) atoms. The van der Waals surface area contributed by atoms with Gasteiger partial charge in [-0.1, -0.05) is 23.7 Å². The van der Waals surface area contributed by atoms with Crippen LogP contribution in [0.25, 0.3) is 0 Å². The lowest BCUT2D eigenvalue weighted by Crippen LogP contribution is -2.45. The lowest BCUT2D eigenvalue weighted by molar-refractivity contribution is -0.128. The lowest BCUT2D eigenvalue weighted by Gasteiger charge is -2.32. The van der Waals surface area contributed by atoms with Gasteiger partial charge in [0, 0.05) is 30.7 Å². The summed E-state index contributed by atoms with van der Waals surface area (Å²) in [5, 5.41) is 3.78. The number of amides is 1. The number of carbonyl (C=O) groups excluding carboxylic acids is 1. The summed E-state index contributed by atoms with van der Waals surface area (Å²) in [5.41, 5.74) is 1.24. The number of nitrogens with zero attached hydrogens (tertiary/aromatic N) is 1. The Labute approximate surface area is 136 Å². The van der Waals surface area contributed by atoms with Crippen molar-refractivity contribution in [1.82, 2.24) is 10.2 Å². The molecule has 0 unspecified atom stereocenters. The summed E-state index contributed by atoms with van der Waals surface area (Å²) in [4.78, 5) is 14.7. The summed E-state index contributed by atoms with van der Waals surface area (Å²) in [6.07, 6.45) is 1.03. The predicted octanol–water partition coefficient (Wildman–Crippen LogP) is 2.45. The average Bonchev–Trinajstić information content (AvgIpc) is 2.76. The molecule has 0 aliphatic carbocycles. The number of hydrogen-bond acceptors (Lipinski definition) is 3. The molecule has 1 N–H and O–H groups in total. The van der Waals surface area contributed by atoms with Crippen LogP contribution >= 0.6 is 11.6 Å². The smallest absolute Gasteiger partial charge is 0.226 e. The van der Waals surface area contributed by atoms with Crippen molar-refractivity contribution in [3.8, 4) is 0 Å². The zero-order valence-electron chi connectivity index (χ0n) is 13.1. The number of rotatable bonds is 4. The SMILES string of the molecule is CC(C)NC(=O)[C@H]1C[C@@H]2CN(Cc3ccc(Cl)cc3)C[C@H]1O2. The van der Waals surface area contributed by atoms with E-state index in [2.05, 4.69) is 22.3 Å². The van der Waals surface area contributed by atoms with Crippen molar-refractivity contribution in [2.75, 3.05) is 13.1 Å². The zero-order valence-corrected chi connectivity index (χ0v) is 13.8. The van der Waals surface area contributed by atoms with Gasteiger partial charge in [-0.15, -0.1) is 0 Å². The highest BCUT2D eigenvalue weighted by atomic mass is 35.5. The minimum Gasteiger partial charge on any atom is -0.371 e. The van der Waals surface area contributed by atoms with Crippen LogP contribution in [0.4, 0.5) is 0 Å². The molecular formula is C17H23ClN2O2. The molecule has 3 atom stereocenters. The average molecular weight is 323 g/mol. The molecule has 1 aromatic carbocycles. The number of benzene rings is 1. The summed E-state index contributed by atoms with van der Waals surface area (Å²) < 4.78 is 5.98. The molecule has 0 saturated carbocycles. The van der Waals surface area contributed by atoms with Crippen LogP contribution in [0, 0.1) is 5.92 Å². The van der Waals surface area contributed by atoms with Gasteiger partial charge >= 0.3 is 0 Å². The molecule has 0 aromatic heterocycles. The molecule has 2 saturated heterocycles. The molecule has 0 spiro atoms. The van der Waals surface area contributed by atoms with E-state index < -0.39 is 0 Å². The molecule has 2 fully saturated rings. The van der Waals surface area contributed by atoms with Crippen molar-refractivity contribution in [2.24, 2.45) is 5.92 Å². The molecule has 5 heteroatoms. The van der Waals surface area contributed by atoms with Gasteiger partial charge in [0.1, 0.15) is 0 Å². The van der Waals surface area contributed by atoms with E-state index in [9.17, 15) is 4.79 Å². The molecule has 2 aliphatic rings. The van der Waals surface area contributed by atoms with Crippen molar-refractivity contribution in [3.05, 3.63) is 34.9 Å². The van der Waals surface area contributed by atoms with Crippen molar-refractivity contribution in [1.29, 1.82) is 0 Å². The monoisotopic (exact) mass is 322 g/mol. The van der Waals surface area contributed by atoms with Crippen molar-refractivity contribution >= 4 is 17.5 Å². The van der Waals surface area contributed by atoms with Crippen LogP contribution in [0.3, 0.4) is 0 Å². The maximum Gasteiger partial charge on any atom is 0.226 e. The van der Waals surface area contributed by atoms with Gasteiger partial charge in [0.2, 0.25) is 5.91 Å². The lowest BCUT2D eigenvalue weighted by atomic mass is 9.99. The number of likely N-dealkylation sites (tertiary alicyclic amines) is 1. The summed E-state index contributed by atoms with van der Waals surface area (Å²) in [6.45, 7) is 6.57. The maximum absolute atomic E-state index is 12.3. The maximum atomic E-state index is 12.3. The molecule has 2 bridgehead atoms. The number of nitrogens with one attached hydrogen (secondary N) is 1. The quantitative estimate of drug-likeness (QED) is 0.926. The van der Waals surface area contributed by atoms with Gasteiger partial charge in [0.25, 0.3) is 0 Å². The van der Waals surface area contributed by atoms with E-state index in [1.165, 1.54) is 5.56 Å². The minimum absolute atomic E-state index is 0.0115. The Morgan fingerprint density at radius 2 is 2.09 bits per heavy atom. The topological polar surface area (TPSA) is 41.6 Å². The molecule has 2 aliphatic heterocycles. The summed E-state index contributed by atoms with van der Waals surface area (Å²) >= 11 is 5.93. The van der Waals surface area contributed by atoms with E-state index in [-0.39, 0.29) is 30.1 Å².